The molecule has 134 valence electrons. The summed E-state index contributed by atoms with van der Waals surface area (Å²) in [4.78, 5) is 14.3. The van der Waals surface area contributed by atoms with Crippen molar-refractivity contribution in [1.29, 1.82) is 0 Å². The van der Waals surface area contributed by atoms with Crippen LogP contribution in [0.4, 0.5) is 0 Å². The Balaban J connectivity index is 2.11. The van der Waals surface area contributed by atoms with Gasteiger partial charge in [0.25, 0.3) is 0 Å². The van der Waals surface area contributed by atoms with E-state index in [2.05, 4.69) is 10.2 Å². The summed E-state index contributed by atoms with van der Waals surface area (Å²) in [6.07, 6.45) is 1.86. The lowest BCUT2D eigenvalue weighted by Crippen LogP contribution is -2.51. The number of nitrogens with zero attached hydrogens (tertiary/aromatic N) is 1. The van der Waals surface area contributed by atoms with Crippen LogP contribution < -0.4 is 10.1 Å². The first-order valence-electron chi connectivity index (χ1n) is 8.55. The molecule has 0 aromatic heterocycles. The molecule has 1 saturated heterocycles. The summed E-state index contributed by atoms with van der Waals surface area (Å²) in [6, 6.07) is 7.43. The third kappa shape index (κ3) is 4.48. The predicted octanol–water partition coefficient (Wildman–Crippen LogP) is 2.28. The number of benzene rings is 1. The van der Waals surface area contributed by atoms with Crippen molar-refractivity contribution in [2.75, 3.05) is 20.2 Å². The molecule has 2 N–H and O–H groups in total. The second kappa shape index (κ2) is 7.11. The van der Waals surface area contributed by atoms with Gasteiger partial charge in [-0.05, 0) is 64.8 Å². The zero-order valence-electron chi connectivity index (χ0n) is 15.4. The van der Waals surface area contributed by atoms with Gasteiger partial charge in [0, 0.05) is 11.6 Å². The van der Waals surface area contributed by atoms with Crippen LogP contribution in [0.25, 0.3) is 0 Å². The molecule has 1 aromatic carbocycles. The molecule has 1 fully saturated rings. The van der Waals surface area contributed by atoms with E-state index in [9.17, 15) is 9.90 Å². The number of hydrogen-bond acceptors (Lipinski definition) is 4. The summed E-state index contributed by atoms with van der Waals surface area (Å²) in [5.41, 5.74) is -0.410. The van der Waals surface area contributed by atoms with Crippen molar-refractivity contribution in [3.05, 3.63) is 29.8 Å². The standard InChI is InChI=1S/C19H30N2O3/c1-18(2,3)20-17(22)13-21-12-6-7-16(21)19(4,23)14-8-10-15(24-5)11-9-14/h8-11,16,23H,6-7,12-13H2,1-5H3,(H,20,22)/t16-,19+/m1/s1. The summed E-state index contributed by atoms with van der Waals surface area (Å²) in [6.45, 7) is 8.89. The fourth-order valence-corrected chi connectivity index (χ4v) is 3.42. The minimum Gasteiger partial charge on any atom is -0.497 e. The van der Waals surface area contributed by atoms with Gasteiger partial charge in [-0.1, -0.05) is 12.1 Å². The number of rotatable bonds is 5. The lowest BCUT2D eigenvalue weighted by Gasteiger charge is -2.37. The van der Waals surface area contributed by atoms with Crippen LogP contribution in [0.1, 0.15) is 46.1 Å². The van der Waals surface area contributed by atoms with E-state index in [1.165, 1.54) is 0 Å². The normalized spacial score (nSPS) is 21.3. The summed E-state index contributed by atoms with van der Waals surface area (Å²) in [5, 5.41) is 14.1. The highest BCUT2D eigenvalue weighted by Crippen LogP contribution is 2.35. The van der Waals surface area contributed by atoms with Gasteiger partial charge in [0.1, 0.15) is 11.4 Å². The first-order valence-corrected chi connectivity index (χ1v) is 8.55. The fourth-order valence-electron chi connectivity index (χ4n) is 3.42. The SMILES string of the molecule is COc1ccc([C@](C)(O)[C@H]2CCCN2CC(=O)NC(C)(C)C)cc1. The lowest BCUT2D eigenvalue weighted by atomic mass is 9.86. The van der Waals surface area contributed by atoms with Crippen LogP contribution in [-0.2, 0) is 10.4 Å². The van der Waals surface area contributed by atoms with Crippen LogP contribution >= 0.6 is 0 Å². The van der Waals surface area contributed by atoms with Crippen molar-refractivity contribution in [3.63, 3.8) is 0 Å². The lowest BCUT2D eigenvalue weighted by molar-refractivity contribution is -0.125. The van der Waals surface area contributed by atoms with Crippen LogP contribution in [0.3, 0.4) is 0 Å². The number of methoxy groups -OCH3 is 1. The molecule has 2 atom stereocenters. The van der Waals surface area contributed by atoms with Crippen LogP contribution in [0, 0.1) is 0 Å². The molecule has 5 heteroatoms. The molecular weight excluding hydrogens is 304 g/mol. The van der Waals surface area contributed by atoms with E-state index in [1.807, 2.05) is 52.0 Å². The van der Waals surface area contributed by atoms with Crippen LogP contribution in [-0.4, -0.2) is 47.7 Å². The number of amides is 1. The molecule has 1 aliphatic heterocycles. The maximum atomic E-state index is 12.3. The average molecular weight is 334 g/mol. The van der Waals surface area contributed by atoms with Crippen molar-refractivity contribution in [2.24, 2.45) is 0 Å². The Morgan fingerprint density at radius 1 is 1.29 bits per heavy atom. The molecule has 0 bridgehead atoms. The predicted molar refractivity (Wildman–Crippen MR) is 95.1 cm³/mol. The smallest absolute Gasteiger partial charge is 0.234 e. The topological polar surface area (TPSA) is 61.8 Å². The fraction of sp³-hybridized carbons (Fsp3) is 0.632. The van der Waals surface area contributed by atoms with Crippen LogP contribution in [0.5, 0.6) is 5.75 Å². The second-order valence-corrected chi connectivity index (χ2v) is 7.80. The maximum Gasteiger partial charge on any atom is 0.234 e. The third-order valence-electron chi connectivity index (χ3n) is 4.55. The number of aliphatic hydroxyl groups is 1. The minimum absolute atomic E-state index is 0.0000640. The van der Waals surface area contributed by atoms with Gasteiger partial charge in [0.05, 0.1) is 13.7 Å². The minimum atomic E-state index is -1.01. The van der Waals surface area contributed by atoms with Gasteiger partial charge in [0.2, 0.25) is 5.91 Å². The molecule has 0 unspecified atom stereocenters. The van der Waals surface area contributed by atoms with Crippen molar-refractivity contribution in [1.82, 2.24) is 10.2 Å². The molecule has 5 nitrogen and oxygen atoms in total. The summed E-state index contributed by atoms with van der Waals surface area (Å²) < 4.78 is 5.18. The Kier molecular flexibility index (Phi) is 5.56. The molecular formula is C19H30N2O3. The molecule has 1 aromatic rings. The molecule has 1 aliphatic rings. The van der Waals surface area contributed by atoms with Gasteiger partial charge < -0.3 is 15.2 Å². The Hall–Kier alpha value is -1.59. The van der Waals surface area contributed by atoms with Gasteiger partial charge in [-0.15, -0.1) is 0 Å². The highest BCUT2D eigenvalue weighted by atomic mass is 16.5. The first kappa shape index (κ1) is 18.7. The Labute approximate surface area is 145 Å². The zero-order valence-corrected chi connectivity index (χ0v) is 15.4. The van der Waals surface area contributed by atoms with Gasteiger partial charge in [-0.2, -0.15) is 0 Å². The molecule has 24 heavy (non-hydrogen) atoms. The molecule has 0 saturated carbocycles. The Morgan fingerprint density at radius 2 is 1.92 bits per heavy atom. The summed E-state index contributed by atoms with van der Waals surface area (Å²) >= 11 is 0. The molecule has 0 aliphatic carbocycles. The van der Waals surface area contributed by atoms with E-state index < -0.39 is 5.60 Å². The van der Waals surface area contributed by atoms with Crippen LogP contribution in [0.2, 0.25) is 0 Å². The van der Waals surface area contributed by atoms with E-state index in [1.54, 1.807) is 7.11 Å². The van der Waals surface area contributed by atoms with Crippen molar-refractivity contribution in [3.8, 4) is 5.75 Å². The molecule has 1 heterocycles. The average Bonchev–Trinajstić information content (AvgIpc) is 2.94. The largest absolute Gasteiger partial charge is 0.497 e. The monoisotopic (exact) mass is 334 g/mol. The summed E-state index contributed by atoms with van der Waals surface area (Å²) in [7, 11) is 1.62. The number of carbonyl (C=O) groups excluding carboxylic acids is 1. The number of hydrogen-bond donors (Lipinski definition) is 2. The van der Waals surface area contributed by atoms with E-state index >= 15 is 0 Å². The Morgan fingerprint density at radius 3 is 2.46 bits per heavy atom. The van der Waals surface area contributed by atoms with Crippen molar-refractivity contribution < 1.29 is 14.6 Å². The van der Waals surface area contributed by atoms with E-state index in [0.717, 1.165) is 30.7 Å². The van der Waals surface area contributed by atoms with Crippen molar-refractivity contribution >= 4 is 5.91 Å². The second-order valence-electron chi connectivity index (χ2n) is 7.80. The maximum absolute atomic E-state index is 12.3. The number of likely N-dealkylation sites (tertiary alicyclic amines) is 1. The van der Waals surface area contributed by atoms with E-state index in [-0.39, 0.29) is 17.5 Å². The van der Waals surface area contributed by atoms with Crippen LogP contribution in [0.15, 0.2) is 24.3 Å². The molecule has 2 rings (SSSR count). The third-order valence-corrected chi connectivity index (χ3v) is 4.55. The van der Waals surface area contributed by atoms with Gasteiger partial charge in [-0.25, -0.2) is 0 Å². The molecule has 0 spiro atoms. The van der Waals surface area contributed by atoms with Gasteiger partial charge in [-0.3, -0.25) is 9.69 Å². The number of carbonyl (C=O) groups is 1. The number of nitrogens with one attached hydrogen (secondary N) is 1. The Bertz CT molecular complexity index is 561. The quantitative estimate of drug-likeness (QED) is 0.867. The summed E-state index contributed by atoms with van der Waals surface area (Å²) in [5.74, 6) is 0.766. The molecule has 1 amide bonds. The highest BCUT2D eigenvalue weighted by molar-refractivity contribution is 5.78. The first-order chi connectivity index (χ1) is 11.1. The number of ether oxygens (including phenoxy) is 1. The zero-order chi connectivity index (χ0) is 18.0. The molecule has 0 radical (unpaired) electrons. The van der Waals surface area contributed by atoms with Crippen molar-refractivity contribution in [2.45, 2.75) is 57.7 Å². The highest BCUT2D eigenvalue weighted by Gasteiger charge is 2.41. The van der Waals surface area contributed by atoms with Gasteiger partial charge in [0.15, 0.2) is 0 Å². The van der Waals surface area contributed by atoms with Gasteiger partial charge >= 0.3 is 0 Å². The van der Waals surface area contributed by atoms with E-state index in [0.29, 0.717) is 6.54 Å². The van der Waals surface area contributed by atoms with E-state index in [4.69, 9.17) is 4.74 Å².